The summed E-state index contributed by atoms with van der Waals surface area (Å²) in [4.78, 5) is 1.02. The van der Waals surface area contributed by atoms with Crippen molar-refractivity contribution < 1.29 is 5.11 Å². The van der Waals surface area contributed by atoms with Crippen LogP contribution in [0.3, 0.4) is 0 Å². The molecule has 1 heterocycles. The number of aliphatic hydroxyl groups excluding tert-OH is 1. The van der Waals surface area contributed by atoms with E-state index in [1.54, 1.807) is 11.3 Å². The molecule has 2 aromatic rings. The first kappa shape index (κ1) is 12.8. The summed E-state index contributed by atoms with van der Waals surface area (Å²) in [6.45, 7) is 2.17. The number of aliphatic hydroxyl groups is 1. The van der Waals surface area contributed by atoms with E-state index in [9.17, 15) is 5.11 Å². The summed E-state index contributed by atoms with van der Waals surface area (Å²) in [5.74, 6) is 0. The van der Waals surface area contributed by atoms with Crippen molar-refractivity contribution in [3.63, 3.8) is 0 Å². The lowest BCUT2D eigenvalue weighted by molar-refractivity contribution is 0.224. The van der Waals surface area contributed by atoms with Gasteiger partial charge in [0.1, 0.15) is 6.10 Å². The van der Waals surface area contributed by atoms with Crippen LogP contribution < -0.4 is 0 Å². The molecule has 1 aromatic carbocycles. The van der Waals surface area contributed by atoms with Gasteiger partial charge in [-0.05, 0) is 41.1 Å². The van der Waals surface area contributed by atoms with Gasteiger partial charge in [-0.25, -0.2) is 0 Å². The summed E-state index contributed by atoms with van der Waals surface area (Å²) < 4.78 is 0.999. The monoisotopic (exact) mass is 310 g/mol. The molecule has 0 unspecified atom stereocenters. The molecule has 1 N–H and O–H groups in total. The number of aryl methyl sites for hydroxylation is 1. The predicted octanol–water partition coefficient (Wildman–Crippen LogP) is 4.54. The van der Waals surface area contributed by atoms with E-state index in [1.807, 2.05) is 24.3 Å². The van der Waals surface area contributed by atoms with Gasteiger partial charge in [-0.15, -0.1) is 11.3 Å². The van der Waals surface area contributed by atoms with E-state index in [-0.39, 0.29) is 0 Å². The highest BCUT2D eigenvalue weighted by atomic mass is 79.9. The number of hydrogen-bond donors (Lipinski definition) is 1. The van der Waals surface area contributed by atoms with Gasteiger partial charge in [0.15, 0.2) is 0 Å². The van der Waals surface area contributed by atoms with E-state index in [2.05, 4.69) is 34.3 Å². The van der Waals surface area contributed by atoms with Crippen LogP contribution in [0.1, 0.15) is 35.5 Å². The molecule has 17 heavy (non-hydrogen) atoms. The first-order valence-electron chi connectivity index (χ1n) is 5.71. The summed E-state index contributed by atoms with van der Waals surface area (Å²) in [6.07, 6.45) is 1.72. The first-order chi connectivity index (χ1) is 8.20. The van der Waals surface area contributed by atoms with Crippen molar-refractivity contribution in [2.75, 3.05) is 0 Å². The molecule has 0 bridgehead atoms. The van der Waals surface area contributed by atoms with Gasteiger partial charge < -0.3 is 5.11 Å². The summed E-state index contributed by atoms with van der Waals surface area (Å²) in [5, 5.41) is 12.4. The molecule has 0 radical (unpaired) electrons. The second-order valence-electron chi connectivity index (χ2n) is 4.06. The molecule has 0 aliphatic heterocycles. The van der Waals surface area contributed by atoms with E-state index in [0.29, 0.717) is 0 Å². The molecule has 0 saturated carbocycles. The third-order valence-corrected chi connectivity index (χ3v) is 4.17. The Balaban J connectivity index is 2.21. The minimum absolute atomic E-state index is 0.511. The van der Waals surface area contributed by atoms with Gasteiger partial charge in [0.25, 0.3) is 0 Å². The Morgan fingerprint density at radius 3 is 2.88 bits per heavy atom. The fourth-order valence-electron chi connectivity index (χ4n) is 1.80. The molecule has 90 valence electrons. The van der Waals surface area contributed by atoms with Crippen LogP contribution in [0.2, 0.25) is 0 Å². The van der Waals surface area contributed by atoms with E-state index in [0.717, 1.165) is 27.8 Å². The van der Waals surface area contributed by atoms with E-state index >= 15 is 0 Å². The van der Waals surface area contributed by atoms with Crippen LogP contribution in [0.15, 0.2) is 40.2 Å². The predicted molar refractivity (Wildman–Crippen MR) is 76.5 cm³/mol. The maximum atomic E-state index is 10.3. The van der Waals surface area contributed by atoms with Crippen molar-refractivity contribution >= 4 is 27.3 Å². The Labute approximate surface area is 114 Å². The van der Waals surface area contributed by atoms with Crippen molar-refractivity contribution in [2.24, 2.45) is 0 Å². The molecule has 0 aliphatic rings. The van der Waals surface area contributed by atoms with Crippen molar-refractivity contribution in [3.05, 3.63) is 56.2 Å². The fourth-order valence-corrected chi connectivity index (χ4v) is 3.17. The molecule has 0 amide bonds. The molecule has 0 aliphatic carbocycles. The third-order valence-electron chi connectivity index (χ3n) is 2.65. The van der Waals surface area contributed by atoms with Crippen LogP contribution in [-0.2, 0) is 6.42 Å². The van der Waals surface area contributed by atoms with Gasteiger partial charge in [-0.3, -0.25) is 0 Å². The van der Waals surface area contributed by atoms with Crippen molar-refractivity contribution in [1.29, 1.82) is 0 Å². The maximum absolute atomic E-state index is 10.3. The van der Waals surface area contributed by atoms with Crippen molar-refractivity contribution in [2.45, 2.75) is 25.9 Å². The van der Waals surface area contributed by atoms with E-state index in [1.165, 1.54) is 5.56 Å². The zero-order valence-corrected chi connectivity index (χ0v) is 12.1. The normalized spacial score (nSPS) is 12.6. The second-order valence-corrected chi connectivity index (χ2v) is 5.92. The Bertz CT molecular complexity index is 492. The molecule has 1 aromatic heterocycles. The number of rotatable bonds is 4. The Kier molecular flexibility index (Phi) is 4.37. The molecule has 0 fully saturated rings. The molecule has 3 heteroatoms. The molecule has 1 nitrogen and oxygen atoms in total. The summed E-state index contributed by atoms with van der Waals surface area (Å²) in [6, 6.07) is 9.94. The number of benzene rings is 1. The average Bonchev–Trinajstić information content (AvgIpc) is 2.77. The Morgan fingerprint density at radius 2 is 2.18 bits per heavy atom. The lowest BCUT2D eigenvalue weighted by Gasteiger charge is -2.08. The van der Waals surface area contributed by atoms with Gasteiger partial charge >= 0.3 is 0 Å². The molecule has 0 saturated heterocycles. The van der Waals surface area contributed by atoms with Crippen LogP contribution in [0.5, 0.6) is 0 Å². The number of hydrogen-bond acceptors (Lipinski definition) is 2. The van der Waals surface area contributed by atoms with Crippen molar-refractivity contribution in [3.8, 4) is 0 Å². The Hall–Kier alpha value is -0.640. The van der Waals surface area contributed by atoms with Gasteiger partial charge in [0.05, 0.1) is 0 Å². The number of halogens is 1. The zero-order valence-electron chi connectivity index (χ0n) is 9.69. The minimum Gasteiger partial charge on any atom is -0.383 e. The zero-order chi connectivity index (χ0) is 12.3. The van der Waals surface area contributed by atoms with Gasteiger partial charge in [-0.2, -0.15) is 0 Å². The first-order valence-corrected chi connectivity index (χ1v) is 7.39. The molecule has 2 rings (SSSR count). The lowest BCUT2D eigenvalue weighted by atomic mass is 10.1. The smallest absolute Gasteiger partial charge is 0.113 e. The largest absolute Gasteiger partial charge is 0.383 e. The van der Waals surface area contributed by atoms with Gasteiger partial charge in [-0.1, -0.05) is 41.4 Å². The highest BCUT2D eigenvalue weighted by Crippen LogP contribution is 2.29. The molecular weight excluding hydrogens is 296 g/mol. The third kappa shape index (κ3) is 3.18. The Morgan fingerprint density at radius 1 is 1.35 bits per heavy atom. The van der Waals surface area contributed by atoms with Crippen LogP contribution >= 0.6 is 27.3 Å². The highest BCUT2D eigenvalue weighted by Gasteiger charge is 2.12. The van der Waals surface area contributed by atoms with E-state index in [4.69, 9.17) is 0 Å². The highest BCUT2D eigenvalue weighted by molar-refractivity contribution is 9.10. The van der Waals surface area contributed by atoms with E-state index < -0.39 is 6.10 Å². The fraction of sp³-hybridized carbons (Fsp3) is 0.286. The average molecular weight is 311 g/mol. The van der Waals surface area contributed by atoms with Gasteiger partial charge in [0, 0.05) is 9.35 Å². The quantitative estimate of drug-likeness (QED) is 0.878. The van der Waals surface area contributed by atoms with Gasteiger partial charge in [0.2, 0.25) is 0 Å². The standard InChI is InChI=1S/C14H15BrOS/c1-2-4-10-7-13(17-9-10)14(16)11-5-3-6-12(15)8-11/h3,5-9,14,16H,2,4H2,1H3/t14-/m1/s1. The molecule has 0 spiro atoms. The molecule has 1 atom stereocenters. The molecular formula is C14H15BrOS. The van der Waals surface area contributed by atoms with Crippen LogP contribution in [-0.4, -0.2) is 5.11 Å². The van der Waals surface area contributed by atoms with Crippen molar-refractivity contribution in [1.82, 2.24) is 0 Å². The number of thiophene rings is 1. The summed E-state index contributed by atoms with van der Waals surface area (Å²) in [5.41, 5.74) is 2.26. The second kappa shape index (κ2) is 5.80. The summed E-state index contributed by atoms with van der Waals surface area (Å²) in [7, 11) is 0. The topological polar surface area (TPSA) is 20.2 Å². The maximum Gasteiger partial charge on any atom is 0.113 e. The summed E-state index contributed by atoms with van der Waals surface area (Å²) >= 11 is 5.06. The SMILES string of the molecule is CCCc1csc([C@H](O)c2cccc(Br)c2)c1. The lowest BCUT2D eigenvalue weighted by Crippen LogP contribution is -1.96. The van der Waals surface area contributed by atoms with Crippen LogP contribution in [0, 0.1) is 0 Å². The van der Waals surface area contributed by atoms with Crippen LogP contribution in [0.25, 0.3) is 0 Å². The van der Waals surface area contributed by atoms with Crippen LogP contribution in [0.4, 0.5) is 0 Å². The minimum atomic E-state index is -0.511.